The minimum atomic E-state index is -0.107. The van der Waals surface area contributed by atoms with Gasteiger partial charge in [-0.25, -0.2) is 4.79 Å². The normalized spacial score (nSPS) is 16.0. The molecule has 2 amide bonds. The van der Waals surface area contributed by atoms with Crippen molar-refractivity contribution in [3.63, 3.8) is 0 Å². The molecular formula is C23H27N3O2. The molecule has 1 fully saturated rings. The Morgan fingerprint density at radius 1 is 1.18 bits per heavy atom. The highest BCUT2D eigenvalue weighted by molar-refractivity contribution is 5.84. The summed E-state index contributed by atoms with van der Waals surface area (Å²) >= 11 is 0. The molecule has 3 aromatic rings. The fourth-order valence-corrected chi connectivity index (χ4v) is 3.95. The molecule has 1 saturated heterocycles. The minimum absolute atomic E-state index is 0.0801. The SMILES string of the molecule is Cc1cccc(C(CNC(=O)NC2CCOCC2)c2c[nH]c3ccccc23)c1. The molecule has 28 heavy (non-hydrogen) atoms. The first-order chi connectivity index (χ1) is 13.7. The number of nitrogens with one attached hydrogen (secondary N) is 3. The third-order valence-corrected chi connectivity index (χ3v) is 5.46. The van der Waals surface area contributed by atoms with Crippen molar-refractivity contribution in [2.24, 2.45) is 0 Å². The Morgan fingerprint density at radius 2 is 2.00 bits per heavy atom. The molecule has 1 atom stereocenters. The summed E-state index contributed by atoms with van der Waals surface area (Å²) in [5, 5.41) is 7.37. The summed E-state index contributed by atoms with van der Waals surface area (Å²) in [6.07, 6.45) is 3.81. The van der Waals surface area contributed by atoms with E-state index < -0.39 is 0 Å². The van der Waals surface area contributed by atoms with Crippen LogP contribution in [-0.4, -0.2) is 36.8 Å². The van der Waals surface area contributed by atoms with Gasteiger partial charge in [0, 0.05) is 48.8 Å². The highest BCUT2D eigenvalue weighted by atomic mass is 16.5. The van der Waals surface area contributed by atoms with Gasteiger partial charge in [-0.1, -0.05) is 48.0 Å². The van der Waals surface area contributed by atoms with E-state index in [1.165, 1.54) is 22.1 Å². The third kappa shape index (κ3) is 4.20. The first kappa shape index (κ1) is 18.6. The van der Waals surface area contributed by atoms with E-state index in [4.69, 9.17) is 4.74 Å². The number of para-hydroxylation sites is 1. The van der Waals surface area contributed by atoms with Crippen molar-refractivity contribution in [1.82, 2.24) is 15.6 Å². The standard InChI is InChI=1S/C23H27N3O2/c1-16-5-4-6-17(13-16)20(21-15-24-22-8-3-2-7-19(21)22)14-25-23(27)26-18-9-11-28-12-10-18/h2-8,13,15,18,20,24H,9-12,14H2,1H3,(H2,25,26,27). The second-order valence-electron chi connectivity index (χ2n) is 7.50. The van der Waals surface area contributed by atoms with Crippen molar-refractivity contribution in [2.45, 2.75) is 31.7 Å². The summed E-state index contributed by atoms with van der Waals surface area (Å²) in [5.41, 5.74) is 4.74. The van der Waals surface area contributed by atoms with E-state index in [9.17, 15) is 4.79 Å². The Bertz CT molecular complexity index is 944. The lowest BCUT2D eigenvalue weighted by Crippen LogP contribution is -2.45. The summed E-state index contributed by atoms with van der Waals surface area (Å²) in [4.78, 5) is 15.8. The number of carbonyl (C=O) groups is 1. The molecule has 1 aliphatic heterocycles. The molecule has 3 N–H and O–H groups in total. The van der Waals surface area contributed by atoms with Crippen LogP contribution >= 0.6 is 0 Å². The first-order valence-electron chi connectivity index (χ1n) is 9.95. The fraction of sp³-hybridized carbons (Fsp3) is 0.348. The zero-order valence-corrected chi connectivity index (χ0v) is 16.2. The molecule has 1 aliphatic rings. The largest absolute Gasteiger partial charge is 0.381 e. The smallest absolute Gasteiger partial charge is 0.315 e. The molecule has 1 aromatic heterocycles. The van der Waals surface area contributed by atoms with Gasteiger partial charge in [0.25, 0.3) is 0 Å². The predicted molar refractivity (Wildman–Crippen MR) is 112 cm³/mol. The first-order valence-corrected chi connectivity index (χ1v) is 9.95. The second kappa shape index (κ2) is 8.48. The van der Waals surface area contributed by atoms with Crippen molar-refractivity contribution in [1.29, 1.82) is 0 Å². The number of fused-ring (bicyclic) bond motifs is 1. The molecule has 2 aromatic carbocycles. The Hall–Kier alpha value is -2.79. The van der Waals surface area contributed by atoms with Crippen molar-refractivity contribution < 1.29 is 9.53 Å². The van der Waals surface area contributed by atoms with Crippen LogP contribution in [0.15, 0.2) is 54.7 Å². The van der Waals surface area contributed by atoms with E-state index in [2.05, 4.69) is 71.2 Å². The van der Waals surface area contributed by atoms with E-state index in [0.717, 1.165) is 18.4 Å². The lowest BCUT2D eigenvalue weighted by molar-refractivity contribution is 0.0801. The summed E-state index contributed by atoms with van der Waals surface area (Å²) in [7, 11) is 0. The van der Waals surface area contributed by atoms with E-state index >= 15 is 0 Å². The van der Waals surface area contributed by atoms with Gasteiger partial charge in [0.2, 0.25) is 0 Å². The average molecular weight is 377 g/mol. The van der Waals surface area contributed by atoms with Gasteiger partial charge >= 0.3 is 6.03 Å². The third-order valence-electron chi connectivity index (χ3n) is 5.46. The van der Waals surface area contributed by atoms with Gasteiger partial charge in [-0.05, 0) is 37.0 Å². The number of aromatic amines is 1. The molecule has 146 valence electrons. The van der Waals surface area contributed by atoms with Gasteiger partial charge in [-0.2, -0.15) is 0 Å². The quantitative estimate of drug-likeness (QED) is 0.627. The van der Waals surface area contributed by atoms with Gasteiger partial charge < -0.3 is 20.4 Å². The van der Waals surface area contributed by atoms with Crippen molar-refractivity contribution in [3.8, 4) is 0 Å². The molecule has 0 radical (unpaired) electrons. The number of aromatic nitrogens is 1. The number of benzene rings is 2. The zero-order valence-electron chi connectivity index (χ0n) is 16.2. The predicted octanol–water partition coefficient (Wildman–Crippen LogP) is 4.09. The molecule has 0 spiro atoms. The molecule has 5 nitrogen and oxygen atoms in total. The van der Waals surface area contributed by atoms with Gasteiger partial charge in [-0.15, -0.1) is 0 Å². The van der Waals surface area contributed by atoms with Gasteiger partial charge in [-0.3, -0.25) is 0 Å². The maximum absolute atomic E-state index is 12.5. The highest BCUT2D eigenvalue weighted by Gasteiger charge is 2.21. The molecule has 2 heterocycles. The van der Waals surface area contributed by atoms with Crippen LogP contribution < -0.4 is 10.6 Å². The van der Waals surface area contributed by atoms with E-state index in [1.807, 2.05) is 6.07 Å². The Morgan fingerprint density at radius 3 is 2.82 bits per heavy atom. The maximum Gasteiger partial charge on any atom is 0.315 e. The summed E-state index contributed by atoms with van der Waals surface area (Å²) in [5.74, 6) is 0.0801. The molecule has 0 saturated carbocycles. The molecule has 1 unspecified atom stereocenters. The molecule has 0 aliphatic carbocycles. The number of aryl methyl sites for hydroxylation is 1. The average Bonchev–Trinajstić information content (AvgIpc) is 3.13. The van der Waals surface area contributed by atoms with Crippen LogP contribution in [0.1, 0.15) is 35.4 Å². The molecular weight excluding hydrogens is 350 g/mol. The lowest BCUT2D eigenvalue weighted by atomic mass is 9.90. The van der Waals surface area contributed by atoms with Gasteiger partial charge in [0.15, 0.2) is 0 Å². The maximum atomic E-state index is 12.5. The monoisotopic (exact) mass is 377 g/mol. The molecule has 0 bridgehead atoms. The number of amides is 2. The van der Waals surface area contributed by atoms with E-state index in [0.29, 0.717) is 19.8 Å². The Labute approximate surface area is 165 Å². The number of ether oxygens (including phenoxy) is 1. The van der Waals surface area contributed by atoms with Crippen LogP contribution in [0.5, 0.6) is 0 Å². The van der Waals surface area contributed by atoms with E-state index in [1.54, 1.807) is 0 Å². The topological polar surface area (TPSA) is 66.2 Å². The number of H-pyrrole nitrogens is 1. The molecule has 4 rings (SSSR count). The summed E-state index contributed by atoms with van der Waals surface area (Å²) in [6, 6.07) is 16.9. The number of urea groups is 1. The summed E-state index contributed by atoms with van der Waals surface area (Å²) in [6.45, 7) is 4.07. The van der Waals surface area contributed by atoms with Crippen LogP contribution in [-0.2, 0) is 4.74 Å². The van der Waals surface area contributed by atoms with Gasteiger partial charge in [0.05, 0.1) is 0 Å². The lowest BCUT2D eigenvalue weighted by Gasteiger charge is -2.24. The fourth-order valence-electron chi connectivity index (χ4n) is 3.95. The van der Waals surface area contributed by atoms with Crippen LogP contribution in [0.25, 0.3) is 10.9 Å². The number of hydrogen-bond acceptors (Lipinski definition) is 2. The van der Waals surface area contributed by atoms with Crippen LogP contribution in [0.4, 0.5) is 4.79 Å². The van der Waals surface area contributed by atoms with Crippen molar-refractivity contribution in [3.05, 3.63) is 71.4 Å². The summed E-state index contributed by atoms with van der Waals surface area (Å²) < 4.78 is 5.36. The number of rotatable bonds is 5. The highest BCUT2D eigenvalue weighted by Crippen LogP contribution is 2.30. The second-order valence-corrected chi connectivity index (χ2v) is 7.50. The van der Waals surface area contributed by atoms with E-state index in [-0.39, 0.29) is 18.0 Å². The van der Waals surface area contributed by atoms with Crippen LogP contribution in [0.3, 0.4) is 0 Å². The van der Waals surface area contributed by atoms with Crippen LogP contribution in [0, 0.1) is 6.92 Å². The number of carbonyl (C=O) groups excluding carboxylic acids is 1. The van der Waals surface area contributed by atoms with Gasteiger partial charge in [0.1, 0.15) is 0 Å². The van der Waals surface area contributed by atoms with Crippen molar-refractivity contribution in [2.75, 3.05) is 19.8 Å². The van der Waals surface area contributed by atoms with Crippen molar-refractivity contribution >= 4 is 16.9 Å². The number of hydrogen-bond donors (Lipinski definition) is 3. The zero-order chi connectivity index (χ0) is 19.3. The van der Waals surface area contributed by atoms with Crippen LogP contribution in [0.2, 0.25) is 0 Å². The minimum Gasteiger partial charge on any atom is -0.381 e. The Balaban J connectivity index is 1.54. The Kier molecular flexibility index (Phi) is 5.63. The molecule has 5 heteroatoms.